The van der Waals surface area contributed by atoms with Crippen molar-refractivity contribution in [2.24, 2.45) is 0 Å². The summed E-state index contributed by atoms with van der Waals surface area (Å²) in [4.78, 5) is 27.2. The normalized spacial score (nSPS) is 10.8. The second kappa shape index (κ2) is 6.88. The molecule has 1 heterocycles. The van der Waals surface area contributed by atoms with Gasteiger partial charge in [-0.05, 0) is 39.8 Å². The zero-order chi connectivity index (χ0) is 15.2. The molecule has 0 spiro atoms. The van der Waals surface area contributed by atoms with Crippen LogP contribution in [0.4, 0.5) is 10.5 Å². The van der Waals surface area contributed by atoms with Gasteiger partial charge in [0.05, 0.1) is 11.4 Å². The monoisotopic (exact) mass is 279 g/mol. The number of anilines is 1. The molecule has 0 saturated heterocycles. The van der Waals surface area contributed by atoms with Crippen molar-refractivity contribution in [1.29, 1.82) is 0 Å². The van der Waals surface area contributed by atoms with Gasteiger partial charge in [-0.3, -0.25) is 9.78 Å². The first-order valence-electron chi connectivity index (χ1n) is 6.46. The van der Waals surface area contributed by atoms with Crippen molar-refractivity contribution in [3.8, 4) is 0 Å². The first kappa shape index (κ1) is 15.9. The van der Waals surface area contributed by atoms with Crippen molar-refractivity contribution < 1.29 is 14.3 Å². The van der Waals surface area contributed by atoms with E-state index in [1.54, 1.807) is 39.1 Å². The van der Waals surface area contributed by atoms with Gasteiger partial charge < -0.3 is 15.4 Å². The summed E-state index contributed by atoms with van der Waals surface area (Å²) in [5.74, 6) is -0.183. The number of carbonyl (C=O) groups excluding carboxylic acids is 2. The van der Waals surface area contributed by atoms with Crippen LogP contribution in [0.1, 0.15) is 32.9 Å². The minimum Gasteiger partial charge on any atom is -0.444 e. The van der Waals surface area contributed by atoms with Gasteiger partial charge in [0.25, 0.3) is 0 Å². The quantitative estimate of drug-likeness (QED) is 0.885. The van der Waals surface area contributed by atoms with Crippen molar-refractivity contribution in [2.45, 2.75) is 39.7 Å². The van der Waals surface area contributed by atoms with E-state index < -0.39 is 11.7 Å². The third kappa shape index (κ3) is 6.17. The van der Waals surface area contributed by atoms with Crippen LogP contribution in [0.15, 0.2) is 18.3 Å². The van der Waals surface area contributed by atoms with E-state index in [1.165, 1.54) is 0 Å². The molecule has 2 N–H and O–H groups in total. The number of hydrogen-bond acceptors (Lipinski definition) is 4. The number of hydrogen-bond donors (Lipinski definition) is 2. The maximum absolute atomic E-state index is 11.7. The average molecular weight is 279 g/mol. The Morgan fingerprint density at radius 1 is 1.35 bits per heavy atom. The highest BCUT2D eigenvalue weighted by molar-refractivity contribution is 5.91. The number of pyridine rings is 1. The number of amides is 2. The molecule has 2 amide bonds. The van der Waals surface area contributed by atoms with E-state index in [1.807, 2.05) is 6.92 Å². The van der Waals surface area contributed by atoms with Crippen LogP contribution in [0, 0.1) is 6.92 Å². The zero-order valence-corrected chi connectivity index (χ0v) is 12.3. The fraction of sp³-hybridized carbons (Fsp3) is 0.500. The maximum atomic E-state index is 11.7. The highest BCUT2D eigenvalue weighted by atomic mass is 16.6. The summed E-state index contributed by atoms with van der Waals surface area (Å²) in [6.45, 7) is 7.38. The molecule has 0 aliphatic rings. The molecule has 0 bridgehead atoms. The van der Waals surface area contributed by atoms with Crippen LogP contribution < -0.4 is 10.6 Å². The number of ether oxygens (including phenoxy) is 1. The Balaban J connectivity index is 2.31. The van der Waals surface area contributed by atoms with E-state index in [0.717, 1.165) is 5.69 Å². The molecule has 0 aromatic carbocycles. The molecule has 0 saturated carbocycles. The smallest absolute Gasteiger partial charge is 0.407 e. The van der Waals surface area contributed by atoms with Crippen molar-refractivity contribution >= 4 is 17.7 Å². The third-order valence-corrected chi connectivity index (χ3v) is 2.30. The molecule has 0 aliphatic carbocycles. The number of aryl methyl sites for hydroxylation is 1. The van der Waals surface area contributed by atoms with Gasteiger partial charge in [0.15, 0.2) is 0 Å². The number of carbonyl (C=O) groups is 2. The largest absolute Gasteiger partial charge is 0.444 e. The number of aromatic nitrogens is 1. The maximum Gasteiger partial charge on any atom is 0.407 e. The Morgan fingerprint density at radius 2 is 2.05 bits per heavy atom. The molecule has 1 rings (SSSR count). The van der Waals surface area contributed by atoms with Crippen LogP contribution in [0.3, 0.4) is 0 Å². The van der Waals surface area contributed by atoms with Gasteiger partial charge in [-0.1, -0.05) is 0 Å². The second-order valence-electron chi connectivity index (χ2n) is 5.36. The predicted molar refractivity (Wildman–Crippen MR) is 76.5 cm³/mol. The minimum absolute atomic E-state index is 0.174. The van der Waals surface area contributed by atoms with Gasteiger partial charge in [0, 0.05) is 19.2 Å². The van der Waals surface area contributed by atoms with Crippen LogP contribution in [-0.2, 0) is 9.53 Å². The van der Waals surface area contributed by atoms with Crippen LogP contribution >= 0.6 is 0 Å². The Hall–Kier alpha value is -2.11. The van der Waals surface area contributed by atoms with E-state index in [0.29, 0.717) is 5.69 Å². The van der Waals surface area contributed by atoms with Gasteiger partial charge in [0.1, 0.15) is 5.60 Å². The fourth-order valence-corrected chi connectivity index (χ4v) is 1.42. The lowest BCUT2D eigenvalue weighted by Crippen LogP contribution is -2.34. The lowest BCUT2D eigenvalue weighted by molar-refractivity contribution is -0.116. The first-order chi connectivity index (χ1) is 9.28. The van der Waals surface area contributed by atoms with Gasteiger partial charge in [-0.2, -0.15) is 0 Å². The lowest BCUT2D eigenvalue weighted by Gasteiger charge is -2.19. The van der Waals surface area contributed by atoms with Crippen molar-refractivity contribution in [1.82, 2.24) is 10.3 Å². The molecule has 0 atom stereocenters. The summed E-state index contributed by atoms with van der Waals surface area (Å²) in [6, 6.07) is 3.53. The third-order valence-electron chi connectivity index (χ3n) is 2.30. The van der Waals surface area contributed by atoms with Crippen LogP contribution in [-0.4, -0.2) is 29.1 Å². The minimum atomic E-state index is -0.542. The number of rotatable bonds is 4. The summed E-state index contributed by atoms with van der Waals surface area (Å²) in [7, 11) is 0. The van der Waals surface area contributed by atoms with Crippen LogP contribution in [0.2, 0.25) is 0 Å². The molecule has 20 heavy (non-hydrogen) atoms. The van der Waals surface area contributed by atoms with Crippen LogP contribution in [0.25, 0.3) is 0 Å². The van der Waals surface area contributed by atoms with E-state index in [9.17, 15) is 9.59 Å². The van der Waals surface area contributed by atoms with Gasteiger partial charge in [0.2, 0.25) is 5.91 Å². The summed E-state index contributed by atoms with van der Waals surface area (Å²) in [5.41, 5.74) is 0.884. The lowest BCUT2D eigenvalue weighted by atomic mass is 10.2. The summed E-state index contributed by atoms with van der Waals surface area (Å²) in [6.07, 6.45) is 1.31. The molecule has 110 valence electrons. The van der Waals surface area contributed by atoms with Crippen LogP contribution in [0.5, 0.6) is 0 Å². The Kier molecular flexibility index (Phi) is 5.49. The van der Waals surface area contributed by atoms with Gasteiger partial charge in [-0.15, -0.1) is 0 Å². The molecule has 0 aliphatic heterocycles. The molecule has 1 aromatic rings. The van der Waals surface area contributed by atoms with Crippen molar-refractivity contribution in [3.63, 3.8) is 0 Å². The van der Waals surface area contributed by atoms with E-state index in [2.05, 4.69) is 15.6 Å². The molecular formula is C14H21N3O3. The van der Waals surface area contributed by atoms with Crippen molar-refractivity contribution in [2.75, 3.05) is 11.9 Å². The summed E-state index contributed by atoms with van der Waals surface area (Å²) < 4.78 is 5.07. The number of nitrogens with zero attached hydrogens (tertiary/aromatic N) is 1. The molecule has 6 nitrogen and oxygen atoms in total. The highest BCUT2D eigenvalue weighted by Crippen LogP contribution is 2.10. The Bertz CT molecular complexity index is 481. The molecule has 0 radical (unpaired) electrons. The SMILES string of the molecule is Cc1ncccc1NC(=O)CCNC(=O)OC(C)(C)C. The number of alkyl carbamates (subject to hydrolysis) is 1. The molecule has 0 unspecified atom stereocenters. The van der Waals surface area contributed by atoms with E-state index in [-0.39, 0.29) is 18.9 Å². The Labute approximate surface area is 118 Å². The standard InChI is InChI=1S/C14H21N3O3/c1-10-11(6-5-8-15-10)17-12(18)7-9-16-13(19)20-14(2,3)4/h5-6,8H,7,9H2,1-4H3,(H,16,19)(H,17,18). The van der Waals surface area contributed by atoms with Gasteiger partial charge >= 0.3 is 6.09 Å². The topological polar surface area (TPSA) is 80.3 Å². The van der Waals surface area contributed by atoms with E-state index >= 15 is 0 Å². The molecular weight excluding hydrogens is 258 g/mol. The zero-order valence-electron chi connectivity index (χ0n) is 12.3. The van der Waals surface area contributed by atoms with Crippen molar-refractivity contribution in [3.05, 3.63) is 24.0 Å². The van der Waals surface area contributed by atoms with E-state index in [4.69, 9.17) is 4.74 Å². The first-order valence-corrected chi connectivity index (χ1v) is 6.46. The van der Waals surface area contributed by atoms with Gasteiger partial charge in [-0.25, -0.2) is 4.79 Å². The fourth-order valence-electron chi connectivity index (χ4n) is 1.42. The molecule has 1 aromatic heterocycles. The predicted octanol–water partition coefficient (Wildman–Crippen LogP) is 2.24. The molecule has 0 fully saturated rings. The summed E-state index contributed by atoms with van der Waals surface area (Å²) in [5, 5.41) is 5.27. The summed E-state index contributed by atoms with van der Waals surface area (Å²) >= 11 is 0. The molecule has 6 heteroatoms. The second-order valence-corrected chi connectivity index (χ2v) is 5.36. The highest BCUT2D eigenvalue weighted by Gasteiger charge is 2.15. The average Bonchev–Trinajstić information content (AvgIpc) is 2.29. The number of nitrogens with one attached hydrogen (secondary N) is 2. The Morgan fingerprint density at radius 3 is 2.65 bits per heavy atom.